The van der Waals surface area contributed by atoms with E-state index in [-0.39, 0.29) is 5.69 Å². The van der Waals surface area contributed by atoms with E-state index < -0.39 is 5.97 Å². The number of aromatic nitrogens is 3. The average Bonchev–Trinajstić information content (AvgIpc) is 2.90. The van der Waals surface area contributed by atoms with Gasteiger partial charge in [0.15, 0.2) is 5.69 Å². The summed E-state index contributed by atoms with van der Waals surface area (Å²) in [6, 6.07) is 14.9. The van der Waals surface area contributed by atoms with Crippen molar-refractivity contribution in [1.82, 2.24) is 15.0 Å². The fraction of sp³-hybridized carbons (Fsp3) is 0.118. The predicted molar refractivity (Wildman–Crippen MR) is 89.9 cm³/mol. The van der Waals surface area contributed by atoms with Crippen molar-refractivity contribution in [3.63, 3.8) is 0 Å². The second-order valence-corrected chi connectivity index (χ2v) is 6.03. The second kappa shape index (κ2) is 6.34. The van der Waals surface area contributed by atoms with Crippen molar-refractivity contribution in [2.75, 3.05) is 0 Å². The summed E-state index contributed by atoms with van der Waals surface area (Å²) in [5.41, 5.74) is 2.68. The van der Waals surface area contributed by atoms with Gasteiger partial charge in [0, 0.05) is 4.47 Å². The number of hydrogen-bond acceptors (Lipinski definition) is 4. The van der Waals surface area contributed by atoms with Crippen molar-refractivity contribution < 1.29 is 9.53 Å². The second-order valence-electron chi connectivity index (χ2n) is 5.12. The molecule has 0 aliphatic rings. The maximum absolute atomic E-state index is 12.3. The molecule has 0 aliphatic heterocycles. The molecule has 0 fully saturated rings. The van der Waals surface area contributed by atoms with Crippen LogP contribution in [0.2, 0.25) is 0 Å². The van der Waals surface area contributed by atoms with Gasteiger partial charge in [-0.15, -0.1) is 5.10 Å². The summed E-state index contributed by atoms with van der Waals surface area (Å²) in [6.45, 7) is 3.72. The summed E-state index contributed by atoms with van der Waals surface area (Å²) in [6.07, 6.45) is 0. The van der Waals surface area contributed by atoms with E-state index in [4.69, 9.17) is 4.74 Å². The smallest absolute Gasteiger partial charge is 0.366 e. The molecule has 23 heavy (non-hydrogen) atoms. The first kappa shape index (κ1) is 15.4. The summed E-state index contributed by atoms with van der Waals surface area (Å²) >= 11 is 3.39. The minimum Gasteiger partial charge on any atom is -0.422 e. The Kier molecular flexibility index (Phi) is 4.25. The Morgan fingerprint density at radius 3 is 2.57 bits per heavy atom. The number of esters is 1. The Hall–Kier alpha value is -2.47. The molecule has 0 amide bonds. The first-order valence-corrected chi connectivity index (χ1v) is 7.81. The largest absolute Gasteiger partial charge is 0.422 e. The molecule has 0 saturated carbocycles. The molecule has 0 radical (unpaired) electrons. The fourth-order valence-electron chi connectivity index (χ4n) is 2.18. The number of aryl methyl sites for hydroxylation is 1. The molecular formula is C17H14BrN3O2. The van der Waals surface area contributed by atoms with Crippen LogP contribution < -0.4 is 4.74 Å². The van der Waals surface area contributed by atoms with E-state index in [1.54, 1.807) is 23.7 Å². The molecule has 116 valence electrons. The predicted octanol–water partition coefficient (Wildman–Crippen LogP) is 3.87. The van der Waals surface area contributed by atoms with E-state index in [2.05, 4.69) is 26.2 Å². The molecule has 5 nitrogen and oxygen atoms in total. The molecule has 6 heteroatoms. The summed E-state index contributed by atoms with van der Waals surface area (Å²) in [5, 5.41) is 8.01. The lowest BCUT2D eigenvalue weighted by molar-refractivity contribution is 0.0727. The van der Waals surface area contributed by atoms with E-state index in [0.717, 1.165) is 15.7 Å². The lowest BCUT2D eigenvalue weighted by atomic mass is 10.2. The van der Waals surface area contributed by atoms with E-state index in [1.165, 1.54) is 0 Å². The van der Waals surface area contributed by atoms with Crippen molar-refractivity contribution in [2.24, 2.45) is 0 Å². The zero-order chi connectivity index (χ0) is 16.4. The molecular weight excluding hydrogens is 358 g/mol. The van der Waals surface area contributed by atoms with Gasteiger partial charge in [-0.1, -0.05) is 33.3 Å². The number of rotatable bonds is 3. The van der Waals surface area contributed by atoms with Gasteiger partial charge in [0.1, 0.15) is 5.75 Å². The molecule has 0 bridgehead atoms. The molecule has 0 aliphatic carbocycles. The van der Waals surface area contributed by atoms with Crippen LogP contribution >= 0.6 is 15.9 Å². The van der Waals surface area contributed by atoms with Crippen LogP contribution in [0.5, 0.6) is 5.75 Å². The topological polar surface area (TPSA) is 57.0 Å². The fourth-order valence-corrected chi connectivity index (χ4v) is 2.44. The molecule has 3 aromatic rings. The number of benzene rings is 2. The maximum Gasteiger partial charge on any atom is 0.366 e. The van der Waals surface area contributed by atoms with Crippen LogP contribution in [-0.4, -0.2) is 21.0 Å². The lowest BCUT2D eigenvalue weighted by Gasteiger charge is -2.05. The first-order valence-electron chi connectivity index (χ1n) is 7.01. The number of halogens is 1. The number of carbonyl (C=O) groups excluding carboxylic acids is 1. The number of carbonyl (C=O) groups is 1. The quantitative estimate of drug-likeness (QED) is 0.518. The Balaban J connectivity index is 1.86. The van der Waals surface area contributed by atoms with Gasteiger partial charge in [-0.25, -0.2) is 9.48 Å². The van der Waals surface area contributed by atoms with Crippen LogP contribution in [0.25, 0.3) is 5.69 Å². The molecule has 0 unspecified atom stereocenters. The van der Waals surface area contributed by atoms with Crippen molar-refractivity contribution in [3.8, 4) is 11.4 Å². The highest BCUT2D eigenvalue weighted by Crippen LogP contribution is 2.18. The van der Waals surface area contributed by atoms with Gasteiger partial charge < -0.3 is 4.74 Å². The number of hydrogen-bond donors (Lipinski definition) is 0. The zero-order valence-corrected chi connectivity index (χ0v) is 14.2. The maximum atomic E-state index is 12.3. The minimum atomic E-state index is -0.517. The SMILES string of the molecule is Cc1cccc(OC(=O)c2nnn(-c3ccc(Br)cc3)c2C)c1. The molecule has 0 saturated heterocycles. The van der Waals surface area contributed by atoms with E-state index in [1.807, 2.05) is 43.3 Å². The Morgan fingerprint density at radius 2 is 1.87 bits per heavy atom. The van der Waals surface area contributed by atoms with Crippen molar-refractivity contribution in [2.45, 2.75) is 13.8 Å². The Morgan fingerprint density at radius 1 is 1.13 bits per heavy atom. The lowest BCUT2D eigenvalue weighted by Crippen LogP contribution is -2.11. The van der Waals surface area contributed by atoms with Crippen LogP contribution in [0.15, 0.2) is 53.0 Å². The van der Waals surface area contributed by atoms with E-state index in [9.17, 15) is 4.79 Å². The van der Waals surface area contributed by atoms with Crippen molar-refractivity contribution >= 4 is 21.9 Å². The third-order valence-electron chi connectivity index (χ3n) is 3.36. The van der Waals surface area contributed by atoms with Gasteiger partial charge in [0.25, 0.3) is 0 Å². The highest BCUT2D eigenvalue weighted by Gasteiger charge is 2.19. The summed E-state index contributed by atoms with van der Waals surface area (Å²) in [5.74, 6) is -0.0240. The van der Waals surface area contributed by atoms with Crippen LogP contribution in [0, 0.1) is 13.8 Å². The van der Waals surface area contributed by atoms with Crippen LogP contribution in [-0.2, 0) is 0 Å². The monoisotopic (exact) mass is 371 g/mol. The molecule has 2 aromatic carbocycles. The van der Waals surface area contributed by atoms with E-state index in [0.29, 0.717) is 11.4 Å². The third kappa shape index (κ3) is 3.32. The number of nitrogens with zero attached hydrogens (tertiary/aromatic N) is 3. The zero-order valence-electron chi connectivity index (χ0n) is 12.7. The summed E-state index contributed by atoms with van der Waals surface area (Å²) in [7, 11) is 0. The van der Waals surface area contributed by atoms with Gasteiger partial charge >= 0.3 is 5.97 Å². The van der Waals surface area contributed by atoms with Crippen molar-refractivity contribution in [3.05, 3.63) is 70.0 Å². The van der Waals surface area contributed by atoms with Crippen molar-refractivity contribution in [1.29, 1.82) is 0 Å². The normalized spacial score (nSPS) is 10.6. The third-order valence-corrected chi connectivity index (χ3v) is 3.89. The van der Waals surface area contributed by atoms with Gasteiger partial charge in [0.2, 0.25) is 0 Å². The molecule has 1 aromatic heterocycles. The molecule has 3 rings (SSSR count). The van der Waals surface area contributed by atoms with Gasteiger partial charge in [-0.3, -0.25) is 0 Å². The molecule has 1 heterocycles. The molecule has 0 N–H and O–H groups in total. The summed E-state index contributed by atoms with van der Waals surface area (Å²) in [4.78, 5) is 12.3. The first-order chi connectivity index (χ1) is 11.0. The molecule has 0 atom stereocenters. The van der Waals surface area contributed by atoms with Gasteiger partial charge in [-0.2, -0.15) is 0 Å². The van der Waals surface area contributed by atoms with Crippen LogP contribution in [0.3, 0.4) is 0 Å². The highest BCUT2D eigenvalue weighted by molar-refractivity contribution is 9.10. The highest BCUT2D eigenvalue weighted by atomic mass is 79.9. The van der Waals surface area contributed by atoms with Crippen LogP contribution in [0.1, 0.15) is 21.7 Å². The Bertz CT molecular complexity index is 857. The Labute approximate surface area is 142 Å². The van der Waals surface area contributed by atoms with Gasteiger partial charge in [0.05, 0.1) is 11.4 Å². The van der Waals surface area contributed by atoms with Gasteiger partial charge in [-0.05, 0) is 55.8 Å². The average molecular weight is 372 g/mol. The molecule has 0 spiro atoms. The summed E-state index contributed by atoms with van der Waals surface area (Å²) < 4.78 is 7.95. The minimum absolute atomic E-state index is 0.203. The standard InChI is InChI=1S/C17H14BrN3O2/c1-11-4-3-5-15(10-11)23-17(22)16-12(2)21(20-19-16)14-8-6-13(18)7-9-14/h3-10H,1-2H3. The van der Waals surface area contributed by atoms with Crippen LogP contribution in [0.4, 0.5) is 0 Å². The number of ether oxygens (including phenoxy) is 1. The van der Waals surface area contributed by atoms with E-state index >= 15 is 0 Å².